The Morgan fingerprint density at radius 1 is 1.12 bits per heavy atom. The summed E-state index contributed by atoms with van der Waals surface area (Å²) in [5.41, 5.74) is 0. The smallest absolute Gasteiger partial charge is 0.381 e. The van der Waals surface area contributed by atoms with Crippen molar-refractivity contribution in [1.29, 1.82) is 0 Å². The van der Waals surface area contributed by atoms with Gasteiger partial charge in [0.25, 0.3) is 0 Å². The van der Waals surface area contributed by atoms with Gasteiger partial charge in [-0.05, 0) is 32.2 Å². The van der Waals surface area contributed by atoms with Crippen LogP contribution in [0.15, 0.2) is 0 Å². The number of halogens is 3. The van der Waals surface area contributed by atoms with Gasteiger partial charge in [-0.3, -0.25) is 0 Å². The Morgan fingerprint density at radius 3 is 2.35 bits per heavy atom. The molecule has 0 fully saturated rings. The second-order valence-corrected chi connectivity index (χ2v) is 4.16. The fourth-order valence-corrected chi connectivity index (χ4v) is 1.66. The Labute approximate surface area is 102 Å². The van der Waals surface area contributed by atoms with E-state index in [1.165, 1.54) is 0 Å². The molecule has 0 saturated heterocycles. The molecule has 0 aromatic rings. The highest BCUT2D eigenvalue weighted by molar-refractivity contribution is 4.67. The molecule has 1 atom stereocenters. The van der Waals surface area contributed by atoms with Crippen molar-refractivity contribution >= 4 is 0 Å². The molecular formula is C12H24F3NO. The lowest BCUT2D eigenvalue weighted by atomic mass is 10.1. The van der Waals surface area contributed by atoms with Crippen LogP contribution < -0.4 is 5.32 Å². The molecule has 0 bridgehead atoms. The first-order chi connectivity index (χ1) is 7.99. The van der Waals surface area contributed by atoms with Crippen molar-refractivity contribution in [2.45, 2.75) is 58.2 Å². The molecule has 1 N–H and O–H groups in total. The molecule has 5 heteroatoms. The van der Waals surface area contributed by atoms with Crippen LogP contribution in [-0.4, -0.2) is 32.0 Å². The van der Waals surface area contributed by atoms with Crippen LogP contribution in [-0.2, 0) is 4.74 Å². The molecule has 0 aromatic heterocycles. The van der Waals surface area contributed by atoms with Gasteiger partial charge in [-0.15, -0.1) is 0 Å². The summed E-state index contributed by atoms with van der Waals surface area (Å²) in [6.07, 6.45) is -2.22. The zero-order valence-electron chi connectivity index (χ0n) is 10.8. The van der Waals surface area contributed by atoms with E-state index in [1.807, 2.05) is 13.8 Å². The number of nitrogens with one attached hydrogen (secondary N) is 1. The predicted molar refractivity (Wildman–Crippen MR) is 63.1 cm³/mol. The minimum Gasteiger partial charge on any atom is -0.381 e. The normalized spacial score (nSPS) is 13.9. The van der Waals surface area contributed by atoms with E-state index < -0.39 is 12.6 Å². The Bertz CT molecular complexity index is 174. The molecule has 0 heterocycles. The van der Waals surface area contributed by atoms with Gasteiger partial charge in [-0.2, -0.15) is 13.2 Å². The van der Waals surface area contributed by atoms with Crippen LogP contribution in [0.2, 0.25) is 0 Å². The minimum atomic E-state index is -4.03. The average Bonchev–Trinajstić information content (AvgIpc) is 2.22. The summed E-state index contributed by atoms with van der Waals surface area (Å²) < 4.78 is 41.3. The quantitative estimate of drug-likeness (QED) is 0.603. The second kappa shape index (κ2) is 9.71. The predicted octanol–water partition coefficient (Wildman–Crippen LogP) is 3.51. The van der Waals surface area contributed by atoms with Gasteiger partial charge in [-0.1, -0.05) is 13.8 Å². The van der Waals surface area contributed by atoms with Crippen LogP contribution in [0.1, 0.15) is 46.0 Å². The molecule has 0 spiro atoms. The van der Waals surface area contributed by atoms with Gasteiger partial charge in [0.05, 0.1) is 0 Å². The number of rotatable bonds is 10. The first kappa shape index (κ1) is 16.7. The van der Waals surface area contributed by atoms with Crippen molar-refractivity contribution < 1.29 is 17.9 Å². The van der Waals surface area contributed by atoms with Gasteiger partial charge >= 0.3 is 6.18 Å². The van der Waals surface area contributed by atoms with E-state index in [1.54, 1.807) is 0 Å². The molecule has 0 aliphatic carbocycles. The zero-order chi connectivity index (χ0) is 13.1. The summed E-state index contributed by atoms with van der Waals surface area (Å²) in [6.45, 7) is 6.12. The Kier molecular flexibility index (Phi) is 9.55. The van der Waals surface area contributed by atoms with E-state index in [0.717, 1.165) is 26.0 Å². The van der Waals surface area contributed by atoms with E-state index in [4.69, 9.17) is 4.74 Å². The molecule has 0 radical (unpaired) electrons. The molecule has 0 saturated carbocycles. The summed E-state index contributed by atoms with van der Waals surface area (Å²) in [7, 11) is 0. The summed E-state index contributed by atoms with van der Waals surface area (Å²) in [5, 5.41) is 3.20. The second-order valence-electron chi connectivity index (χ2n) is 4.16. The molecule has 1 unspecified atom stereocenters. The maximum absolute atomic E-state index is 12.0. The highest BCUT2D eigenvalue weighted by Crippen LogP contribution is 2.23. The highest BCUT2D eigenvalue weighted by Gasteiger charge is 2.26. The topological polar surface area (TPSA) is 21.3 Å². The Hall–Kier alpha value is -0.290. The molecule has 0 aromatic carbocycles. The van der Waals surface area contributed by atoms with Gasteiger partial charge in [-0.25, -0.2) is 0 Å². The van der Waals surface area contributed by atoms with E-state index in [0.29, 0.717) is 13.0 Å². The average molecular weight is 255 g/mol. The van der Waals surface area contributed by atoms with Crippen molar-refractivity contribution in [2.24, 2.45) is 0 Å². The van der Waals surface area contributed by atoms with Crippen LogP contribution >= 0.6 is 0 Å². The molecule has 104 valence electrons. The zero-order valence-corrected chi connectivity index (χ0v) is 10.8. The van der Waals surface area contributed by atoms with Crippen molar-refractivity contribution in [3.63, 3.8) is 0 Å². The Balaban J connectivity index is 3.66. The summed E-state index contributed by atoms with van der Waals surface area (Å²) in [4.78, 5) is 0. The third kappa shape index (κ3) is 12.0. The molecule has 17 heavy (non-hydrogen) atoms. The van der Waals surface area contributed by atoms with Gasteiger partial charge in [0.1, 0.15) is 0 Å². The monoisotopic (exact) mass is 255 g/mol. The SMILES string of the molecule is CCCOCCC(CCCC(F)(F)F)NCC. The van der Waals surface area contributed by atoms with Crippen molar-refractivity contribution in [3.8, 4) is 0 Å². The van der Waals surface area contributed by atoms with Gasteiger partial charge in [0.2, 0.25) is 0 Å². The molecule has 0 aliphatic rings. The van der Waals surface area contributed by atoms with Gasteiger partial charge < -0.3 is 10.1 Å². The molecular weight excluding hydrogens is 231 g/mol. The first-order valence-corrected chi connectivity index (χ1v) is 6.37. The van der Waals surface area contributed by atoms with Gasteiger partial charge in [0.15, 0.2) is 0 Å². The van der Waals surface area contributed by atoms with Crippen LogP contribution in [0, 0.1) is 0 Å². The maximum atomic E-state index is 12.0. The highest BCUT2D eigenvalue weighted by atomic mass is 19.4. The van der Waals surface area contributed by atoms with E-state index in [2.05, 4.69) is 5.32 Å². The summed E-state index contributed by atoms with van der Waals surface area (Å²) >= 11 is 0. The van der Waals surface area contributed by atoms with Crippen LogP contribution in [0.5, 0.6) is 0 Å². The fraction of sp³-hybridized carbons (Fsp3) is 1.00. The largest absolute Gasteiger partial charge is 0.389 e. The molecule has 2 nitrogen and oxygen atoms in total. The standard InChI is InChI=1S/C12H24F3NO/c1-3-9-17-10-7-11(16-4-2)6-5-8-12(13,14)15/h11,16H,3-10H2,1-2H3. The first-order valence-electron chi connectivity index (χ1n) is 6.37. The fourth-order valence-electron chi connectivity index (χ4n) is 1.66. The molecule has 0 rings (SSSR count). The summed E-state index contributed by atoms with van der Waals surface area (Å²) in [6, 6.07) is 0.138. The number of ether oxygens (including phenoxy) is 1. The Morgan fingerprint density at radius 2 is 1.82 bits per heavy atom. The van der Waals surface area contributed by atoms with E-state index >= 15 is 0 Å². The minimum absolute atomic E-state index is 0.138. The summed E-state index contributed by atoms with van der Waals surface area (Å²) in [5.74, 6) is 0. The van der Waals surface area contributed by atoms with Crippen LogP contribution in [0.3, 0.4) is 0 Å². The van der Waals surface area contributed by atoms with Crippen LogP contribution in [0.25, 0.3) is 0 Å². The lowest BCUT2D eigenvalue weighted by Gasteiger charge is -2.18. The maximum Gasteiger partial charge on any atom is 0.389 e. The van der Waals surface area contributed by atoms with Crippen molar-refractivity contribution in [1.82, 2.24) is 5.32 Å². The number of hydrogen-bond acceptors (Lipinski definition) is 2. The van der Waals surface area contributed by atoms with Crippen molar-refractivity contribution in [2.75, 3.05) is 19.8 Å². The van der Waals surface area contributed by atoms with Crippen LogP contribution in [0.4, 0.5) is 13.2 Å². The number of hydrogen-bond donors (Lipinski definition) is 1. The lowest BCUT2D eigenvalue weighted by Crippen LogP contribution is -2.30. The molecule has 0 amide bonds. The molecule has 0 aliphatic heterocycles. The van der Waals surface area contributed by atoms with E-state index in [-0.39, 0.29) is 12.5 Å². The van der Waals surface area contributed by atoms with E-state index in [9.17, 15) is 13.2 Å². The number of alkyl halides is 3. The third-order valence-electron chi connectivity index (χ3n) is 2.46. The third-order valence-corrected chi connectivity index (χ3v) is 2.46. The van der Waals surface area contributed by atoms with Gasteiger partial charge in [0, 0.05) is 25.7 Å². The lowest BCUT2D eigenvalue weighted by molar-refractivity contribution is -0.135. The van der Waals surface area contributed by atoms with Crippen molar-refractivity contribution in [3.05, 3.63) is 0 Å².